The monoisotopic (exact) mass is 238 g/mol. The normalized spacial score (nSPS) is 16.8. The van der Waals surface area contributed by atoms with E-state index in [9.17, 15) is 4.79 Å². The third-order valence-corrected chi connectivity index (χ3v) is 7.87. The topological polar surface area (TPSA) is 17.1 Å². The molecule has 0 aromatic heterocycles. The minimum absolute atomic E-state index is 0.300. The van der Waals surface area contributed by atoms with Crippen LogP contribution in [-0.4, -0.2) is 28.8 Å². The summed E-state index contributed by atoms with van der Waals surface area (Å²) in [6.07, 6.45) is 2.29. The maximum absolute atomic E-state index is 12.1. The van der Waals surface area contributed by atoms with Crippen LogP contribution in [0.25, 0.3) is 0 Å². The second-order valence-electron chi connectivity index (χ2n) is 4.62. The van der Waals surface area contributed by atoms with Gasteiger partial charge in [-0.1, -0.05) is 51.1 Å². The van der Waals surface area contributed by atoms with Crippen LogP contribution < -0.4 is 0 Å². The molecule has 0 amide bonds. The summed E-state index contributed by atoms with van der Waals surface area (Å²) in [5.41, 5.74) is 0.857. The van der Waals surface area contributed by atoms with E-state index in [0.29, 0.717) is 11.0 Å². The Morgan fingerprint density at radius 2 is 1.81 bits per heavy atom. The zero-order chi connectivity index (χ0) is 12.2. The van der Waals surface area contributed by atoms with Gasteiger partial charge in [0.2, 0.25) is 0 Å². The van der Waals surface area contributed by atoms with Crippen LogP contribution in [0.1, 0.15) is 31.1 Å². The Morgan fingerprint density at radius 1 is 1.25 bits per heavy atom. The van der Waals surface area contributed by atoms with Gasteiger partial charge in [-0.15, -0.1) is 0 Å². The lowest BCUT2D eigenvalue weighted by Crippen LogP contribution is -2.22. The lowest BCUT2D eigenvalue weighted by atomic mass is 10.2. The van der Waals surface area contributed by atoms with Gasteiger partial charge in [-0.05, 0) is 17.3 Å². The first-order chi connectivity index (χ1) is 7.49. The zero-order valence-electron chi connectivity index (χ0n) is 10.7. The van der Waals surface area contributed by atoms with Gasteiger partial charge >= 0.3 is 0 Å². The molecule has 1 aromatic carbocycles. The summed E-state index contributed by atoms with van der Waals surface area (Å²) in [6.45, 7) is 6.67. The molecule has 0 aliphatic carbocycles. The molecule has 0 spiro atoms. The molecule has 2 heteroatoms. The Morgan fingerprint density at radius 3 is 2.25 bits per heavy atom. The Bertz CT molecular complexity index is 345. The molecule has 90 valence electrons. The Hall–Kier alpha value is -0.760. The fourth-order valence-corrected chi connectivity index (χ4v) is 3.58. The van der Waals surface area contributed by atoms with E-state index in [1.807, 2.05) is 30.3 Å². The van der Waals surface area contributed by atoms with Gasteiger partial charge in [-0.3, -0.25) is 4.79 Å². The summed E-state index contributed by atoms with van der Waals surface area (Å²) >= 11 is 0. The number of hydrogen-bond acceptors (Lipinski definition) is 1. The number of ketones is 1. The Labute approximate surface area is 101 Å². The maximum atomic E-state index is 12.1. The van der Waals surface area contributed by atoms with Crippen LogP contribution in [0.2, 0.25) is 0 Å². The van der Waals surface area contributed by atoms with Crippen molar-refractivity contribution in [1.82, 2.24) is 0 Å². The molecule has 0 aliphatic rings. The van der Waals surface area contributed by atoms with Gasteiger partial charge in [0, 0.05) is 11.3 Å². The van der Waals surface area contributed by atoms with Gasteiger partial charge in [0.1, 0.15) is 0 Å². The number of hydrogen-bond donors (Lipinski definition) is 0. The summed E-state index contributed by atoms with van der Waals surface area (Å²) in [7, 11) is -0.790. The largest absolute Gasteiger partial charge is 0.293 e. The van der Waals surface area contributed by atoms with Gasteiger partial charge in [0.05, 0.1) is 0 Å². The van der Waals surface area contributed by atoms with Crippen molar-refractivity contribution in [3.05, 3.63) is 35.9 Å². The molecule has 0 fully saturated rings. The molecule has 0 bridgehead atoms. The van der Waals surface area contributed by atoms with E-state index in [1.54, 1.807) is 0 Å². The summed E-state index contributed by atoms with van der Waals surface area (Å²) in [6, 6.07) is 9.64. The molecule has 1 unspecified atom stereocenters. The van der Waals surface area contributed by atoms with E-state index in [1.165, 1.54) is 0 Å². The molecule has 0 saturated carbocycles. The number of carbonyl (C=O) groups is 1. The quantitative estimate of drug-likeness (QED) is 0.714. The minimum atomic E-state index is -0.790. The van der Waals surface area contributed by atoms with Crippen LogP contribution in [0, 0.1) is 0 Å². The van der Waals surface area contributed by atoms with Crippen LogP contribution in [0.15, 0.2) is 30.3 Å². The molecule has 1 aromatic rings. The van der Waals surface area contributed by atoms with Crippen molar-refractivity contribution >= 4 is 15.8 Å². The Balaban J connectivity index is 2.78. The van der Waals surface area contributed by atoms with E-state index in [0.717, 1.165) is 17.1 Å². The average Bonchev–Trinajstić information content (AvgIpc) is 2.29. The van der Waals surface area contributed by atoms with E-state index >= 15 is 0 Å². The minimum Gasteiger partial charge on any atom is -0.293 e. The number of benzene rings is 1. The highest BCUT2D eigenvalue weighted by molar-refractivity contribution is 8.34. The molecule has 0 N–H and O–H groups in total. The van der Waals surface area contributed by atoms with E-state index in [4.69, 9.17) is 0 Å². The fraction of sp³-hybridized carbons (Fsp3) is 0.500. The van der Waals surface area contributed by atoms with Crippen molar-refractivity contribution in [3.8, 4) is 0 Å². The van der Waals surface area contributed by atoms with Crippen LogP contribution in [0.4, 0.5) is 0 Å². The molecule has 0 heterocycles. The first-order valence-electron chi connectivity index (χ1n) is 5.80. The number of Topliss-reactive ketones (excluding diaryl/α,β-unsaturated/α-hetero) is 1. The molecule has 0 aliphatic heterocycles. The van der Waals surface area contributed by atoms with E-state index in [-0.39, 0.29) is 0 Å². The van der Waals surface area contributed by atoms with Crippen molar-refractivity contribution in [2.75, 3.05) is 17.8 Å². The van der Waals surface area contributed by atoms with Gasteiger partial charge < -0.3 is 0 Å². The summed E-state index contributed by atoms with van der Waals surface area (Å²) in [4.78, 5) is 12.1. The average molecular weight is 238 g/mol. The highest BCUT2D eigenvalue weighted by Crippen LogP contribution is 2.48. The van der Waals surface area contributed by atoms with Crippen molar-refractivity contribution in [2.45, 2.75) is 26.0 Å². The molecule has 0 saturated heterocycles. The molecule has 1 rings (SSSR count). The molecular weight excluding hydrogens is 216 g/mol. The van der Waals surface area contributed by atoms with Crippen LogP contribution >= 0.6 is 10.0 Å². The molecule has 0 radical (unpaired) electrons. The van der Waals surface area contributed by atoms with E-state index < -0.39 is 10.0 Å². The summed E-state index contributed by atoms with van der Waals surface area (Å²) in [5.74, 6) is 2.16. The second-order valence-corrected chi connectivity index (χ2v) is 9.13. The van der Waals surface area contributed by atoms with Gasteiger partial charge in [-0.2, -0.15) is 0 Å². The van der Waals surface area contributed by atoms with Crippen molar-refractivity contribution in [2.24, 2.45) is 0 Å². The highest BCUT2D eigenvalue weighted by atomic mass is 32.3. The SMILES string of the molecule is CCS(C)(CC(=O)c1ccccc1)C(C)C. The first-order valence-corrected chi connectivity index (χ1v) is 8.24. The molecule has 16 heavy (non-hydrogen) atoms. The lowest BCUT2D eigenvalue weighted by Gasteiger charge is -2.38. The third kappa shape index (κ3) is 3.11. The van der Waals surface area contributed by atoms with Crippen molar-refractivity contribution in [3.63, 3.8) is 0 Å². The van der Waals surface area contributed by atoms with E-state index in [2.05, 4.69) is 27.0 Å². The van der Waals surface area contributed by atoms with Crippen molar-refractivity contribution in [1.29, 1.82) is 0 Å². The zero-order valence-corrected chi connectivity index (χ0v) is 11.5. The fourth-order valence-electron chi connectivity index (χ4n) is 1.61. The predicted molar refractivity (Wildman–Crippen MR) is 74.8 cm³/mol. The smallest absolute Gasteiger partial charge is 0.171 e. The summed E-state index contributed by atoms with van der Waals surface area (Å²) < 4.78 is 0. The number of rotatable bonds is 5. The third-order valence-electron chi connectivity index (χ3n) is 3.35. The van der Waals surface area contributed by atoms with Gasteiger partial charge in [0.15, 0.2) is 5.78 Å². The number of carbonyl (C=O) groups excluding carboxylic acids is 1. The summed E-state index contributed by atoms with van der Waals surface area (Å²) in [5, 5.41) is 0.616. The molecule has 1 atom stereocenters. The maximum Gasteiger partial charge on any atom is 0.171 e. The second kappa shape index (κ2) is 5.53. The van der Waals surface area contributed by atoms with Gasteiger partial charge in [-0.25, -0.2) is 10.0 Å². The predicted octanol–water partition coefficient (Wildman–Crippen LogP) is 3.73. The van der Waals surface area contributed by atoms with Crippen LogP contribution in [-0.2, 0) is 0 Å². The van der Waals surface area contributed by atoms with Crippen LogP contribution in [0.5, 0.6) is 0 Å². The molecular formula is C14H22OS. The van der Waals surface area contributed by atoms with Gasteiger partial charge in [0.25, 0.3) is 0 Å². The first kappa shape index (κ1) is 13.3. The molecule has 1 nitrogen and oxygen atoms in total. The van der Waals surface area contributed by atoms with Crippen LogP contribution in [0.3, 0.4) is 0 Å². The van der Waals surface area contributed by atoms with Crippen molar-refractivity contribution < 1.29 is 4.79 Å². The standard InChI is InChI=1S/C14H22OS/c1-5-16(4,12(2)3)11-14(15)13-9-7-6-8-10-13/h6-10,12H,5,11H2,1-4H3. The lowest BCUT2D eigenvalue weighted by molar-refractivity contribution is 0.102. The Kier molecular flexibility index (Phi) is 4.60. The highest BCUT2D eigenvalue weighted by Gasteiger charge is 2.24.